The van der Waals surface area contributed by atoms with Gasteiger partial charge in [0.05, 0.1) is 36.1 Å². The molecule has 2 aromatic rings. The lowest BCUT2D eigenvalue weighted by Crippen LogP contribution is -2.33. The number of carbonyl (C=O) groups excluding carboxylic acids is 1. The van der Waals surface area contributed by atoms with Crippen LogP contribution in [0.1, 0.15) is 31.9 Å². The smallest absolute Gasteiger partial charge is 0.427 e. The van der Waals surface area contributed by atoms with E-state index in [2.05, 4.69) is 0 Å². The Morgan fingerprint density at radius 1 is 0.816 bits per heavy atom. The fraction of sp³-hybridized carbons (Fsp3) is 0.480. The van der Waals surface area contributed by atoms with Crippen molar-refractivity contribution in [2.45, 2.75) is 62.2 Å². The lowest BCUT2D eigenvalue weighted by atomic mass is 10.2. The van der Waals surface area contributed by atoms with Crippen molar-refractivity contribution >= 4 is 26.4 Å². The molecule has 11 nitrogen and oxygen atoms in total. The van der Waals surface area contributed by atoms with Gasteiger partial charge < -0.3 is 14.3 Å². The van der Waals surface area contributed by atoms with Crippen LogP contribution in [0.25, 0.3) is 0 Å². The second-order valence-electron chi connectivity index (χ2n) is 9.80. The molecular weight excluding hydrogens is 538 g/mol. The van der Waals surface area contributed by atoms with E-state index in [0.717, 1.165) is 11.1 Å². The Balaban J connectivity index is 1.65. The molecule has 0 bridgehead atoms. The van der Waals surface area contributed by atoms with Crippen LogP contribution in [0.5, 0.6) is 0 Å². The molecule has 1 heterocycles. The van der Waals surface area contributed by atoms with Gasteiger partial charge in [0.2, 0.25) is 0 Å². The third kappa shape index (κ3) is 8.75. The van der Waals surface area contributed by atoms with Gasteiger partial charge in [-0.3, -0.25) is 8.37 Å². The molecule has 0 saturated carbocycles. The molecule has 1 fully saturated rings. The highest BCUT2D eigenvalue weighted by Gasteiger charge is 2.40. The zero-order valence-corrected chi connectivity index (χ0v) is 23.6. The maximum atomic E-state index is 12.9. The van der Waals surface area contributed by atoms with Gasteiger partial charge in [0.1, 0.15) is 17.8 Å². The topological polar surface area (TPSA) is 135 Å². The van der Waals surface area contributed by atoms with Gasteiger partial charge in [-0.15, -0.1) is 5.06 Å². The van der Waals surface area contributed by atoms with Crippen LogP contribution in [-0.4, -0.2) is 72.2 Å². The highest BCUT2D eigenvalue weighted by Crippen LogP contribution is 2.24. The predicted octanol–water partition coefficient (Wildman–Crippen LogP) is 3.35. The van der Waals surface area contributed by atoms with Crippen molar-refractivity contribution in [2.75, 3.05) is 26.3 Å². The van der Waals surface area contributed by atoms with Crippen LogP contribution in [0, 0.1) is 13.8 Å². The van der Waals surface area contributed by atoms with Crippen molar-refractivity contribution in [2.24, 2.45) is 0 Å². The molecule has 0 N–H and O–H groups in total. The summed E-state index contributed by atoms with van der Waals surface area (Å²) in [5.74, 6) is 0. The first-order valence-corrected chi connectivity index (χ1v) is 14.7. The summed E-state index contributed by atoms with van der Waals surface area (Å²) in [5.41, 5.74) is 0.986. The van der Waals surface area contributed by atoms with Gasteiger partial charge in [-0.05, 0) is 58.9 Å². The summed E-state index contributed by atoms with van der Waals surface area (Å²) >= 11 is 0. The molecule has 2 atom stereocenters. The number of benzene rings is 2. The average molecular weight is 572 g/mol. The standard InChI is InChI=1S/C25H33NO10S2/c1-18-6-10-20(11-7-18)37(28,29)33-15-14-32-22-16-26(35-24(27)34-25(3,4)5)17-23(22)36-38(30,31)21-12-8-19(2)9-13-21/h6-13,22-23H,14-17H2,1-5H3/t22-,23-/m0/s1. The number of rotatable bonds is 10. The minimum Gasteiger partial charge on any atom is -0.427 e. The molecule has 0 radical (unpaired) electrons. The fourth-order valence-electron chi connectivity index (χ4n) is 3.45. The van der Waals surface area contributed by atoms with Crippen LogP contribution in [0.2, 0.25) is 0 Å². The molecule has 3 rings (SSSR count). The van der Waals surface area contributed by atoms with E-state index in [1.165, 1.54) is 29.3 Å². The monoisotopic (exact) mass is 571 g/mol. The van der Waals surface area contributed by atoms with E-state index < -0.39 is 44.2 Å². The van der Waals surface area contributed by atoms with Crippen LogP contribution in [-0.2, 0) is 42.9 Å². The number of aryl methyl sites for hydroxylation is 2. The molecule has 0 aliphatic carbocycles. The van der Waals surface area contributed by atoms with Gasteiger partial charge in [-0.2, -0.15) is 16.8 Å². The SMILES string of the molecule is Cc1ccc(S(=O)(=O)OCCO[C@H]2CN(OC(=O)OC(C)(C)C)C[C@@H]2OS(=O)(=O)c2ccc(C)cc2)cc1. The predicted molar refractivity (Wildman–Crippen MR) is 136 cm³/mol. The largest absolute Gasteiger partial charge is 0.528 e. The van der Waals surface area contributed by atoms with Crippen LogP contribution in [0.4, 0.5) is 4.79 Å². The molecule has 2 aromatic carbocycles. The molecule has 1 aliphatic rings. The van der Waals surface area contributed by atoms with Gasteiger partial charge >= 0.3 is 6.16 Å². The van der Waals surface area contributed by atoms with E-state index in [4.69, 9.17) is 22.7 Å². The zero-order chi connectivity index (χ0) is 28.1. The minimum absolute atomic E-state index is 0.00584. The number of nitrogens with zero attached hydrogens (tertiary/aromatic N) is 1. The molecule has 0 spiro atoms. The minimum atomic E-state index is -4.17. The maximum Gasteiger partial charge on any atom is 0.528 e. The average Bonchev–Trinajstić information content (AvgIpc) is 3.15. The Hall–Kier alpha value is -2.55. The maximum absolute atomic E-state index is 12.9. The molecule has 0 unspecified atom stereocenters. The molecule has 1 saturated heterocycles. The van der Waals surface area contributed by atoms with E-state index in [0.29, 0.717) is 0 Å². The summed E-state index contributed by atoms with van der Waals surface area (Å²) in [5, 5.41) is 1.18. The van der Waals surface area contributed by atoms with E-state index in [1.807, 2.05) is 13.8 Å². The summed E-state index contributed by atoms with van der Waals surface area (Å²) in [7, 11) is -8.18. The fourth-order valence-corrected chi connectivity index (χ4v) is 5.44. The van der Waals surface area contributed by atoms with Crippen LogP contribution >= 0.6 is 0 Å². The lowest BCUT2D eigenvalue weighted by Gasteiger charge is -2.21. The summed E-state index contributed by atoms with van der Waals surface area (Å²) < 4.78 is 71.9. The van der Waals surface area contributed by atoms with Crippen molar-refractivity contribution in [3.8, 4) is 0 Å². The second-order valence-corrected chi connectivity index (χ2v) is 13.0. The molecule has 210 valence electrons. The highest BCUT2D eigenvalue weighted by molar-refractivity contribution is 7.87. The molecule has 13 heteroatoms. The Kier molecular flexibility index (Phi) is 9.55. The first-order valence-electron chi connectivity index (χ1n) is 11.9. The third-order valence-corrected chi connectivity index (χ3v) is 7.97. The first-order chi connectivity index (χ1) is 17.6. The molecule has 1 aliphatic heterocycles. The molecule has 0 amide bonds. The van der Waals surface area contributed by atoms with E-state index >= 15 is 0 Å². The van der Waals surface area contributed by atoms with Gasteiger partial charge in [0.25, 0.3) is 20.2 Å². The molecular formula is C25H33NO10S2. The number of hydrogen-bond acceptors (Lipinski definition) is 11. The van der Waals surface area contributed by atoms with E-state index in [9.17, 15) is 21.6 Å². The summed E-state index contributed by atoms with van der Waals surface area (Å²) in [6, 6.07) is 12.3. The molecule has 38 heavy (non-hydrogen) atoms. The summed E-state index contributed by atoms with van der Waals surface area (Å²) in [6.45, 7) is 8.00. The van der Waals surface area contributed by atoms with Gasteiger partial charge in [0, 0.05) is 0 Å². The Morgan fingerprint density at radius 2 is 1.32 bits per heavy atom. The number of hydroxylamine groups is 2. The van der Waals surface area contributed by atoms with Crippen molar-refractivity contribution in [3.63, 3.8) is 0 Å². The van der Waals surface area contributed by atoms with Gasteiger partial charge in [-0.25, -0.2) is 4.79 Å². The van der Waals surface area contributed by atoms with Crippen molar-refractivity contribution in [1.29, 1.82) is 0 Å². The first kappa shape index (κ1) is 30.0. The second kappa shape index (κ2) is 12.1. The van der Waals surface area contributed by atoms with Crippen molar-refractivity contribution in [1.82, 2.24) is 5.06 Å². The number of carbonyl (C=O) groups is 1. The summed E-state index contributed by atoms with van der Waals surface area (Å²) in [6.07, 6.45) is -2.91. The van der Waals surface area contributed by atoms with Crippen LogP contribution in [0.3, 0.4) is 0 Å². The zero-order valence-electron chi connectivity index (χ0n) is 21.9. The van der Waals surface area contributed by atoms with Crippen molar-refractivity contribution < 1.29 is 44.3 Å². The number of hydrogen-bond donors (Lipinski definition) is 0. The van der Waals surface area contributed by atoms with Gasteiger partial charge in [-0.1, -0.05) is 35.4 Å². The van der Waals surface area contributed by atoms with Crippen LogP contribution < -0.4 is 0 Å². The number of ether oxygens (including phenoxy) is 2. The highest BCUT2D eigenvalue weighted by atomic mass is 32.2. The Labute approximate surface area is 223 Å². The van der Waals surface area contributed by atoms with E-state index in [-0.39, 0.29) is 36.1 Å². The van der Waals surface area contributed by atoms with Gasteiger partial charge in [0.15, 0.2) is 0 Å². The normalized spacial score (nSPS) is 18.9. The van der Waals surface area contributed by atoms with Crippen LogP contribution in [0.15, 0.2) is 58.3 Å². The quantitative estimate of drug-likeness (QED) is 0.236. The van der Waals surface area contributed by atoms with Crippen molar-refractivity contribution in [3.05, 3.63) is 59.7 Å². The molecule has 0 aromatic heterocycles. The summed E-state index contributed by atoms with van der Waals surface area (Å²) in [4.78, 5) is 17.3. The Bertz CT molecular complexity index is 1300. The van der Waals surface area contributed by atoms with E-state index in [1.54, 1.807) is 45.0 Å². The Morgan fingerprint density at radius 3 is 1.84 bits per heavy atom. The third-order valence-electron chi connectivity index (χ3n) is 5.30. The lowest BCUT2D eigenvalue weighted by molar-refractivity contribution is -0.136.